The number of rotatable bonds is 4. The van der Waals surface area contributed by atoms with Gasteiger partial charge in [0.15, 0.2) is 0 Å². The van der Waals surface area contributed by atoms with Crippen molar-refractivity contribution in [3.8, 4) is 11.8 Å². The summed E-state index contributed by atoms with van der Waals surface area (Å²) in [6.07, 6.45) is 4.60. The summed E-state index contributed by atoms with van der Waals surface area (Å²) in [6.45, 7) is 1.07. The van der Waals surface area contributed by atoms with Crippen molar-refractivity contribution in [2.45, 2.75) is 24.2 Å². The largest absolute Gasteiger partial charge is 0.341 e. The van der Waals surface area contributed by atoms with Crippen LogP contribution >= 0.6 is 11.8 Å². The molecule has 1 saturated heterocycles. The van der Waals surface area contributed by atoms with Gasteiger partial charge < -0.3 is 10.2 Å². The molecule has 1 N–H and O–H groups in total. The Morgan fingerprint density at radius 1 is 1.15 bits per heavy atom. The molecule has 27 heavy (non-hydrogen) atoms. The lowest BCUT2D eigenvalue weighted by atomic mass is 10.1. The van der Waals surface area contributed by atoms with E-state index in [0.29, 0.717) is 12.0 Å². The van der Waals surface area contributed by atoms with Gasteiger partial charge in [0.1, 0.15) is 0 Å². The van der Waals surface area contributed by atoms with Gasteiger partial charge in [0.2, 0.25) is 5.91 Å². The van der Waals surface area contributed by atoms with Crippen LogP contribution in [0.5, 0.6) is 0 Å². The highest BCUT2D eigenvalue weighted by Crippen LogP contribution is 2.21. The smallest absolute Gasteiger partial charge is 0.253 e. The zero-order chi connectivity index (χ0) is 19.1. The molecule has 0 radical (unpaired) electrons. The van der Waals surface area contributed by atoms with Crippen molar-refractivity contribution in [2.24, 2.45) is 0 Å². The minimum absolute atomic E-state index is 0.117. The highest BCUT2D eigenvalue weighted by Gasteiger charge is 2.19. The number of nitrogens with one attached hydrogen (secondary N) is 1. The van der Waals surface area contributed by atoms with E-state index in [4.69, 9.17) is 0 Å². The first kappa shape index (κ1) is 19.1. The first-order valence-electron chi connectivity index (χ1n) is 8.99. The van der Waals surface area contributed by atoms with Crippen molar-refractivity contribution < 1.29 is 9.59 Å². The Morgan fingerprint density at radius 2 is 1.93 bits per heavy atom. The van der Waals surface area contributed by atoms with Crippen molar-refractivity contribution in [1.29, 1.82) is 0 Å². The molecule has 0 spiro atoms. The van der Waals surface area contributed by atoms with Crippen LogP contribution < -0.4 is 10.2 Å². The predicted octanol–water partition coefficient (Wildman–Crippen LogP) is 3.71. The van der Waals surface area contributed by atoms with Gasteiger partial charge in [-0.2, -0.15) is 0 Å². The van der Waals surface area contributed by atoms with Crippen molar-refractivity contribution in [2.75, 3.05) is 24.2 Å². The Balaban J connectivity index is 1.56. The number of benzene rings is 2. The Kier molecular flexibility index (Phi) is 6.56. The molecule has 0 unspecified atom stereocenters. The molecule has 138 valence electrons. The quantitative estimate of drug-likeness (QED) is 0.652. The maximum absolute atomic E-state index is 12.3. The van der Waals surface area contributed by atoms with Crippen molar-refractivity contribution in [3.05, 3.63) is 59.7 Å². The van der Waals surface area contributed by atoms with Gasteiger partial charge in [-0.15, -0.1) is 11.8 Å². The lowest BCUT2D eigenvalue weighted by molar-refractivity contribution is -0.119. The summed E-state index contributed by atoms with van der Waals surface area (Å²) < 4.78 is 0. The van der Waals surface area contributed by atoms with Gasteiger partial charge in [0.05, 0.1) is 12.1 Å². The minimum Gasteiger partial charge on any atom is -0.341 e. The van der Waals surface area contributed by atoms with Crippen LogP contribution in [0.4, 0.5) is 5.69 Å². The van der Waals surface area contributed by atoms with Gasteiger partial charge in [0, 0.05) is 29.1 Å². The standard InChI is InChI=1S/C22H22N2O2S/c1-27-20-9-3-2-8-19(20)22(26)23-15-6-7-17-11-13-18(14-12-17)24-16-5-4-10-21(24)25/h2-3,8-9,11-14H,4-5,10,15-16H2,1H3,(H,23,26). The Bertz CT molecular complexity index is 881. The van der Waals surface area contributed by atoms with E-state index in [0.717, 1.165) is 35.5 Å². The van der Waals surface area contributed by atoms with Crippen LogP contribution in [0.15, 0.2) is 53.4 Å². The fourth-order valence-corrected chi connectivity index (χ4v) is 3.60. The molecule has 2 aromatic rings. The number of thioether (sulfide) groups is 1. The number of amides is 2. The van der Waals surface area contributed by atoms with E-state index in [1.165, 1.54) is 0 Å². The van der Waals surface area contributed by atoms with Crippen molar-refractivity contribution in [3.63, 3.8) is 0 Å². The van der Waals surface area contributed by atoms with Crippen molar-refractivity contribution >= 4 is 29.3 Å². The minimum atomic E-state index is -0.117. The molecule has 5 heteroatoms. The van der Waals surface area contributed by atoms with E-state index in [1.807, 2.05) is 59.7 Å². The number of carbonyl (C=O) groups is 2. The highest BCUT2D eigenvalue weighted by atomic mass is 32.2. The van der Waals surface area contributed by atoms with Crippen LogP contribution in [0.2, 0.25) is 0 Å². The summed E-state index contributed by atoms with van der Waals surface area (Å²) in [5, 5.41) is 2.83. The predicted molar refractivity (Wildman–Crippen MR) is 110 cm³/mol. The Morgan fingerprint density at radius 3 is 2.67 bits per heavy atom. The summed E-state index contributed by atoms with van der Waals surface area (Å²) in [4.78, 5) is 27.0. The number of hydrogen-bond acceptors (Lipinski definition) is 3. The van der Waals surface area contributed by atoms with Crippen LogP contribution in [0.1, 0.15) is 35.2 Å². The third kappa shape index (κ3) is 4.93. The van der Waals surface area contributed by atoms with Gasteiger partial charge in [0.25, 0.3) is 5.91 Å². The number of nitrogens with zero attached hydrogens (tertiary/aromatic N) is 1. The normalized spacial score (nSPS) is 13.7. The zero-order valence-corrected chi connectivity index (χ0v) is 16.1. The van der Waals surface area contributed by atoms with Gasteiger partial charge >= 0.3 is 0 Å². The average molecular weight is 378 g/mol. The fourth-order valence-electron chi connectivity index (χ4n) is 3.00. The van der Waals surface area contributed by atoms with Gasteiger partial charge in [-0.3, -0.25) is 9.59 Å². The molecule has 1 fully saturated rings. The number of hydrogen-bond donors (Lipinski definition) is 1. The number of anilines is 1. The molecule has 1 heterocycles. The second kappa shape index (κ2) is 9.29. The van der Waals surface area contributed by atoms with Crippen LogP contribution in [0.25, 0.3) is 0 Å². The van der Waals surface area contributed by atoms with Gasteiger partial charge in [-0.05, 0) is 55.5 Å². The Labute approximate surface area is 164 Å². The van der Waals surface area contributed by atoms with Crippen LogP contribution in [-0.4, -0.2) is 31.2 Å². The number of carbonyl (C=O) groups excluding carboxylic acids is 2. The first-order chi connectivity index (χ1) is 13.2. The third-order valence-corrected chi connectivity index (χ3v) is 5.22. The molecule has 2 aromatic carbocycles. The maximum Gasteiger partial charge on any atom is 0.253 e. The maximum atomic E-state index is 12.3. The summed E-state index contributed by atoms with van der Waals surface area (Å²) in [5.41, 5.74) is 2.46. The molecule has 4 nitrogen and oxygen atoms in total. The summed E-state index contributed by atoms with van der Waals surface area (Å²) in [7, 11) is 0. The summed E-state index contributed by atoms with van der Waals surface area (Å²) >= 11 is 1.55. The zero-order valence-electron chi connectivity index (χ0n) is 15.3. The molecular formula is C22H22N2O2S. The lowest BCUT2D eigenvalue weighted by Gasteiger charge is -2.26. The SMILES string of the molecule is CSc1ccccc1C(=O)NCC#Cc1ccc(N2CCCCC2=O)cc1. The second-order valence-electron chi connectivity index (χ2n) is 6.23. The highest BCUT2D eigenvalue weighted by molar-refractivity contribution is 7.98. The summed E-state index contributed by atoms with van der Waals surface area (Å²) in [6, 6.07) is 15.2. The fraction of sp³-hybridized carbons (Fsp3) is 0.273. The van der Waals surface area contributed by atoms with E-state index in [1.54, 1.807) is 11.8 Å². The average Bonchev–Trinajstić information content (AvgIpc) is 2.72. The van der Waals surface area contributed by atoms with Crippen molar-refractivity contribution in [1.82, 2.24) is 5.32 Å². The van der Waals surface area contributed by atoms with Crippen LogP contribution in [0, 0.1) is 11.8 Å². The first-order valence-corrected chi connectivity index (χ1v) is 10.2. The Hall–Kier alpha value is -2.71. The van der Waals surface area contributed by atoms with Crippen LogP contribution in [-0.2, 0) is 4.79 Å². The molecule has 0 aliphatic carbocycles. The third-order valence-electron chi connectivity index (χ3n) is 4.42. The lowest BCUT2D eigenvalue weighted by Crippen LogP contribution is -2.35. The van der Waals surface area contributed by atoms with E-state index in [9.17, 15) is 9.59 Å². The van der Waals surface area contributed by atoms with E-state index < -0.39 is 0 Å². The molecule has 2 amide bonds. The van der Waals surface area contributed by atoms with E-state index in [-0.39, 0.29) is 18.4 Å². The molecular weight excluding hydrogens is 356 g/mol. The molecule has 1 aliphatic heterocycles. The summed E-state index contributed by atoms with van der Waals surface area (Å²) in [5.74, 6) is 6.10. The molecule has 1 aliphatic rings. The van der Waals surface area contributed by atoms with Crippen LogP contribution in [0.3, 0.4) is 0 Å². The van der Waals surface area contributed by atoms with Gasteiger partial charge in [-0.1, -0.05) is 24.0 Å². The van der Waals surface area contributed by atoms with Gasteiger partial charge in [-0.25, -0.2) is 0 Å². The monoisotopic (exact) mass is 378 g/mol. The second-order valence-corrected chi connectivity index (χ2v) is 7.08. The number of piperidine rings is 1. The van der Waals surface area contributed by atoms with E-state index >= 15 is 0 Å². The topological polar surface area (TPSA) is 49.4 Å². The molecule has 0 bridgehead atoms. The van der Waals surface area contributed by atoms with E-state index in [2.05, 4.69) is 17.2 Å². The molecule has 0 saturated carbocycles. The molecule has 0 aromatic heterocycles. The molecule has 3 rings (SSSR count). The molecule has 0 atom stereocenters.